The molecule has 0 saturated heterocycles. The van der Waals surface area contributed by atoms with E-state index in [9.17, 15) is 0 Å². The summed E-state index contributed by atoms with van der Waals surface area (Å²) in [5, 5.41) is 4.96. The number of halogens is 1. The molecule has 0 fully saturated rings. The van der Waals surface area contributed by atoms with Gasteiger partial charge in [-0.05, 0) is 19.5 Å². The van der Waals surface area contributed by atoms with Crippen LogP contribution in [0.25, 0.3) is 0 Å². The van der Waals surface area contributed by atoms with E-state index in [0.29, 0.717) is 5.02 Å². The van der Waals surface area contributed by atoms with Crippen molar-refractivity contribution in [1.29, 1.82) is 0 Å². The number of likely N-dealkylation sites (N-methyl/N-ethyl adjacent to an activating group) is 1. The summed E-state index contributed by atoms with van der Waals surface area (Å²) >= 11 is 6.18. The molecule has 0 radical (unpaired) electrons. The van der Waals surface area contributed by atoms with Gasteiger partial charge in [0.05, 0.1) is 29.5 Å². The van der Waals surface area contributed by atoms with Gasteiger partial charge in [0.1, 0.15) is 0 Å². The largest absolute Gasteiger partial charge is 0.322 e. The first-order valence-corrected chi connectivity index (χ1v) is 6.22. The first-order chi connectivity index (χ1) is 7.73. The average Bonchev–Trinajstić information content (AvgIpc) is 2.54. The minimum absolute atomic E-state index is 0.0282. The maximum atomic E-state index is 6.27. The normalized spacial score (nSPS) is 14.4. The fourth-order valence-electron chi connectivity index (χ4n) is 1.56. The molecule has 0 spiro atoms. The van der Waals surface area contributed by atoms with Gasteiger partial charge < -0.3 is 10.6 Å². The number of nitrogens with zero attached hydrogens (tertiary/aromatic N) is 3. The van der Waals surface area contributed by atoms with Gasteiger partial charge in [0.25, 0.3) is 0 Å². The molecule has 98 valence electrons. The Labute approximate surface area is 109 Å². The molecule has 1 aromatic rings. The number of rotatable bonds is 4. The van der Waals surface area contributed by atoms with Crippen molar-refractivity contribution in [2.45, 2.75) is 33.4 Å². The molecular weight excluding hydrogens is 236 g/mol. The number of nitrogens with two attached hydrogens (primary N) is 1. The predicted molar refractivity (Wildman–Crippen MR) is 72.2 cm³/mol. The molecule has 0 amide bonds. The van der Waals surface area contributed by atoms with Crippen molar-refractivity contribution in [1.82, 2.24) is 14.7 Å². The fourth-order valence-corrected chi connectivity index (χ4v) is 1.82. The Balaban J connectivity index is 2.94. The summed E-state index contributed by atoms with van der Waals surface area (Å²) < 4.78 is 1.91. The summed E-state index contributed by atoms with van der Waals surface area (Å²) in [6.45, 7) is 8.05. The van der Waals surface area contributed by atoms with Gasteiger partial charge in [-0.3, -0.25) is 4.68 Å². The highest BCUT2D eigenvalue weighted by atomic mass is 35.5. The Morgan fingerprint density at radius 1 is 1.47 bits per heavy atom. The van der Waals surface area contributed by atoms with E-state index in [1.54, 1.807) is 6.20 Å². The molecule has 0 bridgehead atoms. The van der Waals surface area contributed by atoms with Crippen molar-refractivity contribution in [2.75, 3.05) is 20.6 Å². The van der Waals surface area contributed by atoms with E-state index in [1.165, 1.54) is 0 Å². The van der Waals surface area contributed by atoms with E-state index >= 15 is 0 Å². The van der Waals surface area contributed by atoms with Crippen LogP contribution in [-0.4, -0.2) is 35.3 Å². The Morgan fingerprint density at radius 2 is 2.06 bits per heavy atom. The van der Waals surface area contributed by atoms with E-state index in [1.807, 2.05) is 18.8 Å². The predicted octanol–water partition coefficient (Wildman–Crippen LogP) is 2.14. The van der Waals surface area contributed by atoms with Crippen molar-refractivity contribution in [2.24, 2.45) is 11.1 Å². The molecule has 17 heavy (non-hydrogen) atoms. The molecule has 0 aliphatic rings. The molecule has 0 saturated carbocycles. The van der Waals surface area contributed by atoms with Gasteiger partial charge in [0.2, 0.25) is 0 Å². The molecule has 1 unspecified atom stereocenters. The van der Waals surface area contributed by atoms with Gasteiger partial charge in [-0.2, -0.15) is 5.10 Å². The Bertz CT molecular complexity index is 365. The Hall–Kier alpha value is -0.580. The van der Waals surface area contributed by atoms with Gasteiger partial charge in [-0.1, -0.05) is 32.4 Å². The molecule has 1 aromatic heterocycles. The summed E-state index contributed by atoms with van der Waals surface area (Å²) in [7, 11) is 4.07. The number of hydrogen-bond acceptors (Lipinski definition) is 3. The molecule has 0 aliphatic carbocycles. The van der Waals surface area contributed by atoms with Crippen LogP contribution in [0.3, 0.4) is 0 Å². The lowest BCUT2D eigenvalue weighted by Gasteiger charge is -2.28. The van der Waals surface area contributed by atoms with E-state index in [2.05, 4.69) is 30.8 Å². The van der Waals surface area contributed by atoms with Crippen LogP contribution in [0.1, 0.15) is 32.5 Å². The van der Waals surface area contributed by atoms with Crippen molar-refractivity contribution in [3.63, 3.8) is 0 Å². The standard InChI is InChI=1S/C12H23ClN4/c1-12(2,3)11(14)10-9(13)8-15-17(10)7-6-16(4)5/h8,11H,6-7,14H2,1-5H3. The van der Waals surface area contributed by atoms with Crippen LogP contribution in [0.2, 0.25) is 5.02 Å². The molecular formula is C12H23ClN4. The van der Waals surface area contributed by atoms with Crippen LogP contribution in [0, 0.1) is 5.41 Å². The zero-order valence-corrected chi connectivity index (χ0v) is 12.1. The van der Waals surface area contributed by atoms with Gasteiger partial charge in [-0.25, -0.2) is 0 Å². The van der Waals surface area contributed by atoms with Crippen molar-refractivity contribution in [3.8, 4) is 0 Å². The third kappa shape index (κ3) is 3.69. The van der Waals surface area contributed by atoms with Crippen molar-refractivity contribution >= 4 is 11.6 Å². The van der Waals surface area contributed by atoms with E-state index in [4.69, 9.17) is 17.3 Å². The maximum absolute atomic E-state index is 6.27. The molecule has 0 aromatic carbocycles. The molecule has 1 rings (SSSR count). The van der Waals surface area contributed by atoms with Crippen LogP contribution in [0.4, 0.5) is 0 Å². The Kier molecular flexibility index (Phi) is 4.58. The second kappa shape index (κ2) is 5.38. The lowest BCUT2D eigenvalue weighted by Crippen LogP contribution is -2.30. The first kappa shape index (κ1) is 14.5. The molecule has 2 N–H and O–H groups in total. The van der Waals surface area contributed by atoms with Crippen LogP contribution in [-0.2, 0) is 6.54 Å². The molecule has 5 heteroatoms. The highest BCUT2D eigenvalue weighted by Crippen LogP contribution is 2.34. The van der Waals surface area contributed by atoms with Gasteiger partial charge in [0.15, 0.2) is 0 Å². The van der Waals surface area contributed by atoms with E-state index < -0.39 is 0 Å². The van der Waals surface area contributed by atoms with Crippen LogP contribution >= 0.6 is 11.6 Å². The second-order valence-corrected chi connectivity index (χ2v) is 6.16. The number of hydrogen-bond donors (Lipinski definition) is 1. The molecule has 0 aliphatic heterocycles. The maximum Gasteiger partial charge on any atom is 0.0834 e. The van der Waals surface area contributed by atoms with Gasteiger partial charge in [0, 0.05) is 6.54 Å². The minimum Gasteiger partial charge on any atom is -0.322 e. The highest BCUT2D eigenvalue weighted by molar-refractivity contribution is 6.31. The summed E-state index contributed by atoms with van der Waals surface area (Å²) in [6, 6.07) is -0.111. The quantitative estimate of drug-likeness (QED) is 0.900. The van der Waals surface area contributed by atoms with Crippen LogP contribution in [0.5, 0.6) is 0 Å². The zero-order valence-electron chi connectivity index (χ0n) is 11.4. The number of aromatic nitrogens is 2. The zero-order chi connectivity index (χ0) is 13.2. The molecule has 1 atom stereocenters. The summed E-state index contributed by atoms with van der Waals surface area (Å²) in [5.41, 5.74) is 7.17. The highest BCUT2D eigenvalue weighted by Gasteiger charge is 2.27. The average molecular weight is 259 g/mol. The second-order valence-electron chi connectivity index (χ2n) is 5.75. The van der Waals surface area contributed by atoms with Crippen molar-refractivity contribution < 1.29 is 0 Å². The Morgan fingerprint density at radius 3 is 2.53 bits per heavy atom. The van der Waals surface area contributed by atoms with Crippen molar-refractivity contribution in [3.05, 3.63) is 16.9 Å². The van der Waals surface area contributed by atoms with Gasteiger partial charge >= 0.3 is 0 Å². The lowest BCUT2D eigenvalue weighted by molar-refractivity contribution is 0.301. The van der Waals surface area contributed by atoms with E-state index in [-0.39, 0.29) is 11.5 Å². The third-order valence-electron chi connectivity index (χ3n) is 2.82. The molecule has 4 nitrogen and oxygen atoms in total. The molecule has 1 heterocycles. The van der Waals surface area contributed by atoms with Gasteiger partial charge in [-0.15, -0.1) is 0 Å². The fraction of sp³-hybridized carbons (Fsp3) is 0.750. The topological polar surface area (TPSA) is 47.1 Å². The third-order valence-corrected chi connectivity index (χ3v) is 3.11. The van der Waals surface area contributed by atoms with E-state index in [0.717, 1.165) is 18.8 Å². The van der Waals surface area contributed by atoms with Crippen LogP contribution in [0.15, 0.2) is 6.20 Å². The summed E-state index contributed by atoms with van der Waals surface area (Å²) in [6.07, 6.45) is 1.68. The summed E-state index contributed by atoms with van der Waals surface area (Å²) in [5.74, 6) is 0. The lowest BCUT2D eigenvalue weighted by atomic mass is 9.85. The smallest absolute Gasteiger partial charge is 0.0834 e. The first-order valence-electron chi connectivity index (χ1n) is 5.85. The van der Waals surface area contributed by atoms with Crippen LogP contribution < -0.4 is 5.73 Å². The summed E-state index contributed by atoms with van der Waals surface area (Å²) in [4.78, 5) is 2.11. The SMILES string of the molecule is CN(C)CCn1ncc(Cl)c1C(N)C(C)(C)C. The minimum atomic E-state index is -0.111. The monoisotopic (exact) mass is 258 g/mol.